The molecule has 0 heterocycles. The third-order valence-corrected chi connectivity index (χ3v) is 1.84. The molecule has 1 N–H and O–H groups in total. The van der Waals surface area contributed by atoms with Gasteiger partial charge in [-0.3, -0.25) is 0 Å². The molecule has 1 atom stereocenters. The van der Waals surface area contributed by atoms with Crippen molar-refractivity contribution < 1.29 is 9.50 Å². The molecule has 1 aromatic carbocycles. The highest BCUT2D eigenvalue weighted by Crippen LogP contribution is 2.36. The van der Waals surface area contributed by atoms with Crippen LogP contribution in [0.5, 0.6) is 0 Å². The summed E-state index contributed by atoms with van der Waals surface area (Å²) in [5.74, 6) is 0. The van der Waals surface area contributed by atoms with E-state index in [9.17, 15) is 9.50 Å². The maximum absolute atomic E-state index is 12.7. The van der Waals surface area contributed by atoms with Crippen LogP contribution in [-0.4, -0.2) is 9.69 Å². The largest absolute Gasteiger partial charge is 0.382 e. The number of alkyl halides is 3. The fraction of sp³-hybridized carbons (Fsp3) is 0.250. The molecular formula is C8H7Cl2FO. The van der Waals surface area contributed by atoms with E-state index in [1.54, 1.807) is 30.3 Å². The summed E-state index contributed by atoms with van der Waals surface area (Å²) in [7, 11) is 0. The first-order valence-corrected chi connectivity index (χ1v) is 4.07. The van der Waals surface area contributed by atoms with Gasteiger partial charge in [0.05, 0.1) is 0 Å². The molecule has 0 saturated heterocycles. The van der Waals surface area contributed by atoms with Gasteiger partial charge in [0.15, 0.2) is 0 Å². The fourth-order valence-electron chi connectivity index (χ4n) is 0.824. The molecule has 0 radical (unpaired) electrons. The van der Waals surface area contributed by atoms with Crippen LogP contribution in [0.1, 0.15) is 11.7 Å². The summed E-state index contributed by atoms with van der Waals surface area (Å²) in [5, 5.41) is 9.22. The summed E-state index contributed by atoms with van der Waals surface area (Å²) in [6.07, 6.45) is -1.51. The average molecular weight is 209 g/mol. The van der Waals surface area contributed by atoms with Crippen LogP contribution in [0.3, 0.4) is 0 Å². The number of aliphatic hydroxyl groups is 1. The maximum Gasteiger partial charge on any atom is 0.287 e. The first-order chi connectivity index (χ1) is 5.52. The van der Waals surface area contributed by atoms with Gasteiger partial charge in [-0.15, -0.1) is 0 Å². The normalized spacial score (nSPS) is 14.3. The molecule has 0 spiro atoms. The van der Waals surface area contributed by atoms with Gasteiger partial charge in [-0.1, -0.05) is 53.5 Å². The molecule has 0 aliphatic carbocycles. The van der Waals surface area contributed by atoms with Crippen molar-refractivity contribution in [2.45, 2.75) is 10.7 Å². The minimum Gasteiger partial charge on any atom is -0.382 e. The summed E-state index contributed by atoms with van der Waals surface area (Å²) in [6.45, 7) is 0. The van der Waals surface area contributed by atoms with E-state index in [2.05, 4.69) is 0 Å². The molecule has 0 bridgehead atoms. The quantitative estimate of drug-likeness (QED) is 0.742. The van der Waals surface area contributed by atoms with Crippen LogP contribution < -0.4 is 0 Å². The van der Waals surface area contributed by atoms with Crippen LogP contribution in [0.4, 0.5) is 4.39 Å². The Kier molecular flexibility index (Phi) is 2.94. The summed E-state index contributed by atoms with van der Waals surface area (Å²) >= 11 is 10.1. The summed E-state index contributed by atoms with van der Waals surface area (Å²) in [6, 6.07) is 8.17. The second-order valence-electron chi connectivity index (χ2n) is 2.35. The van der Waals surface area contributed by atoms with Crippen molar-refractivity contribution in [1.82, 2.24) is 0 Å². The fourth-order valence-corrected chi connectivity index (χ4v) is 1.08. The Morgan fingerprint density at radius 1 is 1.25 bits per heavy atom. The SMILES string of the molecule is O[C@H](c1ccccc1)C(F)(Cl)Cl. The van der Waals surface area contributed by atoms with Crippen molar-refractivity contribution in [2.24, 2.45) is 0 Å². The molecule has 4 heteroatoms. The van der Waals surface area contributed by atoms with E-state index in [4.69, 9.17) is 23.2 Å². The van der Waals surface area contributed by atoms with Crippen LogP contribution in [0.25, 0.3) is 0 Å². The number of aliphatic hydroxyl groups excluding tert-OH is 1. The molecule has 0 aliphatic rings. The Bertz CT molecular complexity index is 245. The lowest BCUT2D eigenvalue weighted by molar-refractivity contribution is 0.0980. The smallest absolute Gasteiger partial charge is 0.287 e. The summed E-state index contributed by atoms with van der Waals surface area (Å²) in [4.78, 5) is 0. The van der Waals surface area contributed by atoms with Crippen LogP contribution in [0.15, 0.2) is 30.3 Å². The highest BCUT2D eigenvalue weighted by atomic mass is 35.5. The number of halogens is 3. The Morgan fingerprint density at radius 2 is 1.75 bits per heavy atom. The predicted molar refractivity (Wildman–Crippen MR) is 46.9 cm³/mol. The first-order valence-electron chi connectivity index (χ1n) is 3.31. The lowest BCUT2D eigenvalue weighted by Crippen LogP contribution is -2.17. The minimum absolute atomic E-state index is 0.352. The van der Waals surface area contributed by atoms with Crippen molar-refractivity contribution in [3.8, 4) is 0 Å². The third kappa shape index (κ3) is 2.34. The van der Waals surface area contributed by atoms with Gasteiger partial charge in [0.1, 0.15) is 6.10 Å². The van der Waals surface area contributed by atoms with Gasteiger partial charge in [0.25, 0.3) is 4.59 Å². The van der Waals surface area contributed by atoms with E-state index in [1.165, 1.54) is 0 Å². The van der Waals surface area contributed by atoms with E-state index < -0.39 is 10.7 Å². The summed E-state index contributed by atoms with van der Waals surface area (Å²) < 4.78 is 10.1. The molecule has 1 rings (SSSR count). The number of hydrogen-bond acceptors (Lipinski definition) is 1. The minimum atomic E-state index is -2.64. The molecule has 66 valence electrons. The van der Waals surface area contributed by atoms with Crippen LogP contribution in [-0.2, 0) is 0 Å². The first kappa shape index (κ1) is 9.78. The standard InChI is InChI=1S/C8H7Cl2FO/c9-8(10,11)7(12)6-4-2-1-3-5-6/h1-5,7,12H/t7-/m1/s1. The van der Waals surface area contributed by atoms with E-state index in [1.807, 2.05) is 0 Å². The zero-order chi connectivity index (χ0) is 9.19. The van der Waals surface area contributed by atoms with Gasteiger partial charge >= 0.3 is 0 Å². The van der Waals surface area contributed by atoms with Crippen LogP contribution in [0.2, 0.25) is 0 Å². The topological polar surface area (TPSA) is 20.2 Å². The van der Waals surface area contributed by atoms with Gasteiger partial charge in [0.2, 0.25) is 0 Å². The molecule has 1 aromatic rings. The van der Waals surface area contributed by atoms with Gasteiger partial charge < -0.3 is 5.11 Å². The number of benzene rings is 1. The van der Waals surface area contributed by atoms with Crippen molar-refractivity contribution in [1.29, 1.82) is 0 Å². The zero-order valence-electron chi connectivity index (χ0n) is 6.05. The Morgan fingerprint density at radius 3 is 2.17 bits per heavy atom. The molecule has 1 nitrogen and oxygen atoms in total. The van der Waals surface area contributed by atoms with E-state index in [0.717, 1.165) is 0 Å². The van der Waals surface area contributed by atoms with E-state index in [-0.39, 0.29) is 0 Å². The van der Waals surface area contributed by atoms with Crippen molar-refractivity contribution >= 4 is 23.2 Å². The van der Waals surface area contributed by atoms with Gasteiger partial charge in [-0.05, 0) is 5.56 Å². The molecule has 0 aliphatic heterocycles. The molecule has 12 heavy (non-hydrogen) atoms. The monoisotopic (exact) mass is 208 g/mol. The van der Waals surface area contributed by atoms with Crippen molar-refractivity contribution in [3.63, 3.8) is 0 Å². The molecule has 0 saturated carbocycles. The number of rotatable bonds is 2. The van der Waals surface area contributed by atoms with Gasteiger partial charge in [-0.2, -0.15) is 0 Å². The highest BCUT2D eigenvalue weighted by molar-refractivity contribution is 6.47. The predicted octanol–water partition coefficient (Wildman–Crippen LogP) is 2.82. The summed E-state index contributed by atoms with van der Waals surface area (Å²) in [5.41, 5.74) is 0.352. The maximum atomic E-state index is 12.7. The lowest BCUT2D eigenvalue weighted by Gasteiger charge is -2.17. The zero-order valence-corrected chi connectivity index (χ0v) is 7.56. The molecular weight excluding hydrogens is 202 g/mol. The lowest BCUT2D eigenvalue weighted by atomic mass is 10.1. The van der Waals surface area contributed by atoms with E-state index in [0.29, 0.717) is 5.56 Å². The van der Waals surface area contributed by atoms with Crippen LogP contribution in [0, 0.1) is 0 Å². The van der Waals surface area contributed by atoms with Crippen molar-refractivity contribution in [2.75, 3.05) is 0 Å². The Labute approximate surface area is 79.7 Å². The number of hydrogen-bond donors (Lipinski definition) is 1. The molecule has 0 fully saturated rings. The molecule has 0 aromatic heterocycles. The highest BCUT2D eigenvalue weighted by Gasteiger charge is 2.34. The third-order valence-electron chi connectivity index (χ3n) is 1.43. The Hall–Kier alpha value is -0.310. The molecule has 0 unspecified atom stereocenters. The van der Waals surface area contributed by atoms with Gasteiger partial charge in [0, 0.05) is 0 Å². The molecule has 0 amide bonds. The Balaban J connectivity index is 2.86. The van der Waals surface area contributed by atoms with Crippen LogP contribution >= 0.6 is 23.2 Å². The second kappa shape index (κ2) is 3.60. The van der Waals surface area contributed by atoms with Gasteiger partial charge in [-0.25, -0.2) is 4.39 Å². The second-order valence-corrected chi connectivity index (χ2v) is 3.65. The van der Waals surface area contributed by atoms with Crippen molar-refractivity contribution in [3.05, 3.63) is 35.9 Å². The van der Waals surface area contributed by atoms with E-state index >= 15 is 0 Å². The average Bonchev–Trinajstić information content (AvgIpc) is 2.03.